The number of nitrogens with zero attached hydrogens (tertiary/aromatic N) is 4. The van der Waals surface area contributed by atoms with Crippen molar-refractivity contribution in [3.8, 4) is 0 Å². The maximum absolute atomic E-state index is 12.4. The van der Waals surface area contributed by atoms with Gasteiger partial charge in [0.25, 0.3) is 0 Å². The number of benzene rings is 1. The van der Waals surface area contributed by atoms with Gasteiger partial charge in [-0.25, -0.2) is 0 Å². The highest BCUT2D eigenvalue weighted by Gasteiger charge is 2.23. The molecule has 0 saturated carbocycles. The fourth-order valence-electron chi connectivity index (χ4n) is 3.00. The Morgan fingerprint density at radius 2 is 2.04 bits per heavy atom. The molecule has 1 aromatic heterocycles. The second-order valence-electron chi connectivity index (χ2n) is 6.32. The highest BCUT2D eigenvalue weighted by Crippen LogP contribution is 2.32. The SMILES string of the molecule is Cc1ccccc1SC1CCN(C(=O)CCc2nncn2C)CC1. The van der Waals surface area contributed by atoms with E-state index in [9.17, 15) is 4.79 Å². The number of hydrogen-bond donors (Lipinski definition) is 0. The summed E-state index contributed by atoms with van der Waals surface area (Å²) in [6.07, 6.45) is 4.98. The molecule has 0 aliphatic carbocycles. The molecule has 0 bridgehead atoms. The van der Waals surface area contributed by atoms with Crippen LogP contribution in [0.1, 0.15) is 30.7 Å². The summed E-state index contributed by atoms with van der Waals surface area (Å²) < 4.78 is 1.87. The molecule has 1 aromatic carbocycles. The average molecular weight is 344 g/mol. The largest absolute Gasteiger partial charge is 0.343 e. The summed E-state index contributed by atoms with van der Waals surface area (Å²) in [7, 11) is 1.91. The third kappa shape index (κ3) is 4.17. The molecule has 5 nitrogen and oxygen atoms in total. The van der Waals surface area contributed by atoms with Gasteiger partial charge in [0.1, 0.15) is 12.2 Å². The molecule has 2 heterocycles. The smallest absolute Gasteiger partial charge is 0.223 e. The van der Waals surface area contributed by atoms with E-state index < -0.39 is 0 Å². The van der Waals surface area contributed by atoms with Gasteiger partial charge in [0.15, 0.2) is 0 Å². The second kappa shape index (κ2) is 7.83. The van der Waals surface area contributed by atoms with Gasteiger partial charge >= 0.3 is 0 Å². The number of carbonyl (C=O) groups excluding carboxylic acids is 1. The standard InChI is InChI=1S/C18H24N4OS/c1-14-5-3-4-6-16(14)24-15-9-11-22(12-10-15)18(23)8-7-17-20-19-13-21(17)2/h3-6,13,15H,7-12H2,1-2H3. The molecule has 0 spiro atoms. The van der Waals surface area contributed by atoms with Gasteiger partial charge in [-0.3, -0.25) is 4.79 Å². The third-order valence-electron chi connectivity index (χ3n) is 4.55. The number of thioether (sulfide) groups is 1. The van der Waals surface area contributed by atoms with Crippen LogP contribution in [0.2, 0.25) is 0 Å². The van der Waals surface area contributed by atoms with Crippen LogP contribution in [-0.2, 0) is 18.3 Å². The Kier molecular flexibility index (Phi) is 5.56. The normalized spacial score (nSPS) is 15.7. The number of carbonyl (C=O) groups is 1. The van der Waals surface area contributed by atoms with E-state index >= 15 is 0 Å². The van der Waals surface area contributed by atoms with Crippen LogP contribution in [0.15, 0.2) is 35.5 Å². The Bertz CT molecular complexity index is 692. The number of aryl methyl sites for hydroxylation is 3. The van der Waals surface area contributed by atoms with Crippen LogP contribution in [0, 0.1) is 6.92 Å². The minimum absolute atomic E-state index is 0.234. The van der Waals surface area contributed by atoms with Gasteiger partial charge in [-0.05, 0) is 31.4 Å². The first kappa shape index (κ1) is 17.0. The maximum atomic E-state index is 12.4. The van der Waals surface area contributed by atoms with Gasteiger partial charge in [0.05, 0.1) is 0 Å². The zero-order valence-corrected chi connectivity index (χ0v) is 15.1. The molecule has 128 valence electrons. The summed E-state index contributed by atoms with van der Waals surface area (Å²) in [5.74, 6) is 1.10. The number of piperidine rings is 1. The Morgan fingerprint density at radius 1 is 1.29 bits per heavy atom. The fourth-order valence-corrected chi connectivity index (χ4v) is 4.22. The Hall–Kier alpha value is -1.82. The van der Waals surface area contributed by atoms with Crippen molar-refractivity contribution in [2.24, 2.45) is 7.05 Å². The van der Waals surface area contributed by atoms with E-state index in [2.05, 4.69) is 41.4 Å². The fraction of sp³-hybridized carbons (Fsp3) is 0.500. The van der Waals surface area contributed by atoms with Gasteiger partial charge in [-0.1, -0.05) is 18.2 Å². The van der Waals surface area contributed by atoms with Gasteiger partial charge in [0.2, 0.25) is 5.91 Å². The van der Waals surface area contributed by atoms with Crippen molar-refractivity contribution in [3.63, 3.8) is 0 Å². The monoisotopic (exact) mass is 344 g/mol. The van der Waals surface area contributed by atoms with Crippen molar-refractivity contribution in [2.75, 3.05) is 13.1 Å². The van der Waals surface area contributed by atoms with Crippen molar-refractivity contribution in [2.45, 2.75) is 42.8 Å². The first-order valence-electron chi connectivity index (χ1n) is 8.46. The van der Waals surface area contributed by atoms with Crippen LogP contribution in [0.3, 0.4) is 0 Å². The lowest BCUT2D eigenvalue weighted by Crippen LogP contribution is -2.39. The van der Waals surface area contributed by atoms with Gasteiger partial charge in [0, 0.05) is 43.1 Å². The van der Waals surface area contributed by atoms with E-state index in [1.807, 2.05) is 28.3 Å². The highest BCUT2D eigenvalue weighted by atomic mass is 32.2. The molecule has 1 aliphatic heterocycles. The lowest BCUT2D eigenvalue weighted by Gasteiger charge is -2.32. The summed E-state index contributed by atoms with van der Waals surface area (Å²) in [5, 5.41) is 8.50. The topological polar surface area (TPSA) is 51.0 Å². The lowest BCUT2D eigenvalue weighted by atomic mass is 10.1. The second-order valence-corrected chi connectivity index (χ2v) is 7.66. The van der Waals surface area contributed by atoms with Crippen molar-refractivity contribution < 1.29 is 4.79 Å². The van der Waals surface area contributed by atoms with Crippen molar-refractivity contribution in [1.82, 2.24) is 19.7 Å². The van der Waals surface area contributed by atoms with Crippen LogP contribution in [0.5, 0.6) is 0 Å². The third-order valence-corrected chi connectivity index (χ3v) is 6.07. The molecular formula is C18H24N4OS. The Morgan fingerprint density at radius 3 is 2.71 bits per heavy atom. The molecule has 0 N–H and O–H groups in total. The molecule has 0 radical (unpaired) electrons. The minimum Gasteiger partial charge on any atom is -0.343 e. The zero-order chi connectivity index (χ0) is 16.9. The van der Waals surface area contributed by atoms with Crippen LogP contribution in [-0.4, -0.2) is 43.9 Å². The van der Waals surface area contributed by atoms with Crippen LogP contribution in [0.25, 0.3) is 0 Å². The summed E-state index contributed by atoms with van der Waals surface area (Å²) in [5.41, 5.74) is 1.34. The van der Waals surface area contributed by atoms with E-state index in [1.54, 1.807) is 6.33 Å². The molecule has 1 amide bonds. The minimum atomic E-state index is 0.234. The van der Waals surface area contributed by atoms with Gasteiger partial charge < -0.3 is 9.47 Å². The van der Waals surface area contributed by atoms with Gasteiger partial charge in [-0.15, -0.1) is 22.0 Å². The van der Waals surface area contributed by atoms with Crippen molar-refractivity contribution >= 4 is 17.7 Å². The number of hydrogen-bond acceptors (Lipinski definition) is 4. The van der Waals surface area contributed by atoms with Crippen molar-refractivity contribution in [1.29, 1.82) is 0 Å². The molecule has 6 heteroatoms. The summed E-state index contributed by atoms with van der Waals surface area (Å²) >= 11 is 1.96. The number of rotatable bonds is 5. The summed E-state index contributed by atoms with van der Waals surface area (Å²) in [4.78, 5) is 15.8. The van der Waals surface area contributed by atoms with E-state index in [4.69, 9.17) is 0 Å². The predicted molar refractivity (Wildman–Crippen MR) is 96.0 cm³/mol. The van der Waals surface area contributed by atoms with E-state index in [0.717, 1.165) is 31.8 Å². The van der Waals surface area contributed by atoms with Crippen LogP contribution in [0.4, 0.5) is 0 Å². The number of aromatic nitrogens is 3. The Labute approximate surface area is 147 Å². The molecule has 1 aliphatic rings. The molecule has 3 rings (SSSR count). The molecular weight excluding hydrogens is 320 g/mol. The number of likely N-dealkylation sites (tertiary alicyclic amines) is 1. The number of amides is 1. The van der Waals surface area contributed by atoms with E-state index in [1.165, 1.54) is 10.5 Å². The molecule has 1 saturated heterocycles. The summed E-state index contributed by atoms with van der Waals surface area (Å²) in [6.45, 7) is 3.88. The Balaban J connectivity index is 1.45. The first-order valence-corrected chi connectivity index (χ1v) is 9.34. The average Bonchev–Trinajstić information content (AvgIpc) is 3.00. The lowest BCUT2D eigenvalue weighted by molar-refractivity contribution is -0.132. The zero-order valence-electron chi connectivity index (χ0n) is 14.3. The molecule has 24 heavy (non-hydrogen) atoms. The highest BCUT2D eigenvalue weighted by molar-refractivity contribution is 8.00. The molecule has 2 aromatic rings. The summed E-state index contributed by atoms with van der Waals surface area (Å²) in [6, 6.07) is 8.53. The van der Waals surface area contributed by atoms with Crippen LogP contribution < -0.4 is 0 Å². The quantitative estimate of drug-likeness (QED) is 0.837. The van der Waals surface area contributed by atoms with Crippen molar-refractivity contribution in [3.05, 3.63) is 42.0 Å². The molecule has 0 atom stereocenters. The molecule has 0 unspecified atom stereocenters. The van der Waals surface area contributed by atoms with E-state index in [0.29, 0.717) is 18.1 Å². The maximum Gasteiger partial charge on any atom is 0.223 e. The van der Waals surface area contributed by atoms with Crippen LogP contribution >= 0.6 is 11.8 Å². The molecule has 1 fully saturated rings. The van der Waals surface area contributed by atoms with E-state index in [-0.39, 0.29) is 5.91 Å². The predicted octanol–water partition coefficient (Wildman–Crippen LogP) is 2.84. The first-order chi connectivity index (χ1) is 11.6. The van der Waals surface area contributed by atoms with Gasteiger partial charge in [-0.2, -0.15) is 0 Å².